The van der Waals surface area contributed by atoms with Crippen LogP contribution in [0.2, 0.25) is 0 Å². The molecule has 4 rings (SSSR count). The van der Waals surface area contributed by atoms with Crippen molar-refractivity contribution < 1.29 is 4.74 Å². The molecule has 0 saturated heterocycles. The van der Waals surface area contributed by atoms with Gasteiger partial charge in [0.1, 0.15) is 5.75 Å². The second-order valence-corrected chi connectivity index (χ2v) is 6.60. The van der Waals surface area contributed by atoms with Gasteiger partial charge in [-0.2, -0.15) is 5.10 Å². The molecule has 1 aromatic heterocycles. The zero-order chi connectivity index (χ0) is 19.2. The smallest absolute Gasteiger partial charge is 0.118 e. The molecule has 3 aromatic carbocycles. The molecule has 0 aliphatic heterocycles. The molecule has 0 amide bonds. The number of methoxy groups -OCH3 is 1. The predicted octanol–water partition coefficient (Wildman–Crippen LogP) is 4.84. The van der Waals surface area contributed by atoms with E-state index in [1.807, 2.05) is 41.1 Å². The van der Waals surface area contributed by atoms with Crippen molar-refractivity contribution in [1.29, 1.82) is 0 Å². The van der Waals surface area contributed by atoms with E-state index in [1.165, 1.54) is 5.56 Å². The first-order valence-electron chi connectivity index (χ1n) is 9.36. The van der Waals surface area contributed by atoms with Crippen LogP contribution in [0, 0.1) is 0 Å². The second kappa shape index (κ2) is 8.55. The van der Waals surface area contributed by atoms with Crippen LogP contribution in [0.15, 0.2) is 91.1 Å². The Morgan fingerprint density at radius 2 is 1.50 bits per heavy atom. The Kier molecular flexibility index (Phi) is 5.50. The summed E-state index contributed by atoms with van der Waals surface area (Å²) >= 11 is 0. The number of hydrogen-bond acceptors (Lipinski definition) is 3. The maximum atomic E-state index is 5.29. The first-order valence-corrected chi connectivity index (χ1v) is 9.36. The summed E-state index contributed by atoms with van der Waals surface area (Å²) in [4.78, 5) is 0. The summed E-state index contributed by atoms with van der Waals surface area (Å²) in [6.07, 6.45) is 2.10. The fourth-order valence-corrected chi connectivity index (χ4v) is 3.18. The minimum absolute atomic E-state index is 0.739. The van der Waals surface area contributed by atoms with Gasteiger partial charge in [0.05, 0.1) is 18.5 Å². The highest BCUT2D eigenvalue weighted by Gasteiger charge is 2.12. The molecule has 4 nitrogen and oxygen atoms in total. The lowest BCUT2D eigenvalue weighted by atomic mass is 10.1. The van der Waals surface area contributed by atoms with Crippen LogP contribution in [-0.2, 0) is 13.1 Å². The van der Waals surface area contributed by atoms with Gasteiger partial charge in [-0.25, -0.2) is 4.68 Å². The maximum Gasteiger partial charge on any atom is 0.118 e. The quantitative estimate of drug-likeness (QED) is 0.507. The van der Waals surface area contributed by atoms with E-state index in [9.17, 15) is 0 Å². The predicted molar refractivity (Wildman–Crippen MR) is 113 cm³/mol. The van der Waals surface area contributed by atoms with Gasteiger partial charge in [0, 0.05) is 30.4 Å². The zero-order valence-corrected chi connectivity index (χ0v) is 15.9. The van der Waals surface area contributed by atoms with Crippen LogP contribution >= 0.6 is 0 Å². The van der Waals surface area contributed by atoms with Gasteiger partial charge in [-0.1, -0.05) is 48.5 Å². The summed E-state index contributed by atoms with van der Waals surface area (Å²) in [5.41, 5.74) is 5.53. The van der Waals surface area contributed by atoms with Crippen molar-refractivity contribution in [2.75, 3.05) is 7.11 Å². The largest absolute Gasteiger partial charge is 0.497 e. The van der Waals surface area contributed by atoms with Gasteiger partial charge in [-0.05, 0) is 42.0 Å². The van der Waals surface area contributed by atoms with Crippen LogP contribution in [0.25, 0.3) is 16.9 Å². The number of rotatable bonds is 7. The third-order valence-corrected chi connectivity index (χ3v) is 4.66. The highest BCUT2D eigenvalue weighted by Crippen LogP contribution is 2.26. The number of hydrogen-bond donors (Lipinski definition) is 1. The SMILES string of the molecule is COc1ccc(-c2nn(-c3ccccc3)cc2CNCc2ccccc2)cc1. The van der Waals surface area contributed by atoms with Gasteiger partial charge in [0.15, 0.2) is 0 Å². The minimum Gasteiger partial charge on any atom is -0.497 e. The first-order chi connectivity index (χ1) is 13.8. The number of aromatic nitrogens is 2. The van der Waals surface area contributed by atoms with Crippen molar-refractivity contribution in [3.63, 3.8) is 0 Å². The zero-order valence-electron chi connectivity index (χ0n) is 15.9. The Balaban J connectivity index is 1.61. The van der Waals surface area contributed by atoms with Gasteiger partial charge >= 0.3 is 0 Å². The molecule has 0 spiro atoms. The van der Waals surface area contributed by atoms with Gasteiger partial charge in [0.2, 0.25) is 0 Å². The molecule has 140 valence electrons. The number of nitrogens with one attached hydrogen (secondary N) is 1. The Hall–Kier alpha value is -3.37. The summed E-state index contributed by atoms with van der Waals surface area (Å²) in [5, 5.41) is 8.41. The number of benzene rings is 3. The van der Waals surface area contributed by atoms with Crippen LogP contribution in [0.1, 0.15) is 11.1 Å². The van der Waals surface area contributed by atoms with E-state index < -0.39 is 0 Å². The standard InChI is InChI=1S/C24H23N3O/c1-28-23-14-12-20(13-15-23)24-21(17-25-16-19-8-4-2-5-9-19)18-27(26-24)22-10-6-3-7-11-22/h2-15,18,25H,16-17H2,1H3. The average Bonchev–Trinajstić information content (AvgIpc) is 3.19. The first kappa shape index (κ1) is 18.0. The monoisotopic (exact) mass is 369 g/mol. The molecule has 1 heterocycles. The number of para-hydroxylation sites is 1. The summed E-state index contributed by atoms with van der Waals surface area (Å²) in [6.45, 7) is 1.56. The molecule has 4 heteroatoms. The minimum atomic E-state index is 0.739. The lowest BCUT2D eigenvalue weighted by Crippen LogP contribution is -2.12. The molecular formula is C24H23N3O. The second-order valence-electron chi connectivity index (χ2n) is 6.60. The third kappa shape index (κ3) is 4.13. The van der Waals surface area contributed by atoms with E-state index in [0.29, 0.717) is 0 Å². The Morgan fingerprint density at radius 3 is 2.18 bits per heavy atom. The molecule has 0 aliphatic rings. The van der Waals surface area contributed by atoms with Crippen LogP contribution in [0.5, 0.6) is 5.75 Å². The molecule has 0 fully saturated rings. The van der Waals surface area contributed by atoms with Gasteiger partial charge in [0.25, 0.3) is 0 Å². The van der Waals surface area contributed by atoms with Gasteiger partial charge in [-0.15, -0.1) is 0 Å². The van der Waals surface area contributed by atoms with E-state index >= 15 is 0 Å². The fraction of sp³-hybridized carbons (Fsp3) is 0.125. The van der Waals surface area contributed by atoms with Crippen molar-refractivity contribution in [3.8, 4) is 22.7 Å². The molecule has 28 heavy (non-hydrogen) atoms. The van der Waals surface area contributed by atoms with Crippen molar-refractivity contribution in [3.05, 3.63) is 102 Å². The highest BCUT2D eigenvalue weighted by molar-refractivity contribution is 5.64. The van der Waals surface area contributed by atoms with Crippen LogP contribution in [0.3, 0.4) is 0 Å². The molecular weight excluding hydrogens is 346 g/mol. The van der Waals surface area contributed by atoms with Crippen LogP contribution in [-0.4, -0.2) is 16.9 Å². The normalized spacial score (nSPS) is 10.8. The summed E-state index contributed by atoms with van der Waals surface area (Å²) < 4.78 is 7.23. The maximum absolute atomic E-state index is 5.29. The van der Waals surface area contributed by atoms with Crippen molar-refractivity contribution in [2.24, 2.45) is 0 Å². The van der Waals surface area contributed by atoms with Crippen LogP contribution < -0.4 is 10.1 Å². The van der Waals surface area contributed by atoms with E-state index in [-0.39, 0.29) is 0 Å². The molecule has 0 unspecified atom stereocenters. The molecule has 0 aliphatic carbocycles. The molecule has 0 atom stereocenters. The third-order valence-electron chi connectivity index (χ3n) is 4.66. The van der Waals surface area contributed by atoms with Gasteiger partial charge in [-0.3, -0.25) is 0 Å². The van der Waals surface area contributed by atoms with E-state index in [0.717, 1.165) is 41.3 Å². The molecule has 4 aromatic rings. The number of ether oxygens (including phenoxy) is 1. The topological polar surface area (TPSA) is 39.1 Å². The summed E-state index contributed by atoms with van der Waals surface area (Å²) in [7, 11) is 1.68. The highest BCUT2D eigenvalue weighted by atomic mass is 16.5. The van der Waals surface area contributed by atoms with E-state index in [4.69, 9.17) is 9.84 Å². The Labute approximate surface area is 165 Å². The lowest BCUT2D eigenvalue weighted by molar-refractivity contribution is 0.415. The molecule has 0 bridgehead atoms. The van der Waals surface area contributed by atoms with Crippen molar-refractivity contribution >= 4 is 0 Å². The summed E-state index contributed by atoms with van der Waals surface area (Å²) in [5.74, 6) is 0.843. The molecule has 0 saturated carbocycles. The molecule has 0 radical (unpaired) electrons. The van der Waals surface area contributed by atoms with E-state index in [2.05, 4.69) is 60.0 Å². The Bertz CT molecular complexity index is 1010. The van der Waals surface area contributed by atoms with E-state index in [1.54, 1.807) is 7.11 Å². The average molecular weight is 369 g/mol. The van der Waals surface area contributed by atoms with Crippen LogP contribution in [0.4, 0.5) is 0 Å². The lowest BCUT2D eigenvalue weighted by Gasteiger charge is -2.06. The fourth-order valence-electron chi connectivity index (χ4n) is 3.18. The number of nitrogens with zero attached hydrogens (tertiary/aromatic N) is 2. The van der Waals surface area contributed by atoms with Gasteiger partial charge < -0.3 is 10.1 Å². The summed E-state index contributed by atoms with van der Waals surface area (Å²) in [6, 6.07) is 28.7. The molecule has 1 N–H and O–H groups in total. The Morgan fingerprint density at radius 1 is 0.821 bits per heavy atom. The van der Waals surface area contributed by atoms with Crippen molar-refractivity contribution in [2.45, 2.75) is 13.1 Å². The van der Waals surface area contributed by atoms with Crippen molar-refractivity contribution in [1.82, 2.24) is 15.1 Å².